The molecule has 0 fully saturated rings. The second-order valence-electron chi connectivity index (χ2n) is 5.51. The van der Waals surface area contributed by atoms with Crippen LogP contribution in [0.2, 0.25) is 0 Å². The molecule has 9 nitrogen and oxygen atoms in total. The summed E-state index contributed by atoms with van der Waals surface area (Å²) in [4.78, 5) is 6.86. The maximum Gasteiger partial charge on any atom is 0.308 e. The van der Waals surface area contributed by atoms with Gasteiger partial charge in [0.1, 0.15) is 22.4 Å². The van der Waals surface area contributed by atoms with Crippen molar-refractivity contribution in [2.24, 2.45) is 5.11 Å². The predicted molar refractivity (Wildman–Crippen MR) is 98.2 cm³/mol. The Bertz CT molecular complexity index is 987. The lowest BCUT2D eigenvalue weighted by atomic mass is 10.2. The molecule has 0 amide bonds. The van der Waals surface area contributed by atoms with Crippen LogP contribution in [0.4, 0.5) is 4.39 Å². The van der Waals surface area contributed by atoms with Crippen molar-refractivity contribution < 1.29 is 17.8 Å². The molecular weight excluding hydrogens is 387 g/mol. The average Bonchev–Trinajstić information content (AvgIpc) is 3.20. The van der Waals surface area contributed by atoms with Gasteiger partial charge < -0.3 is 9.15 Å². The molecule has 1 aromatic carbocycles. The van der Waals surface area contributed by atoms with Crippen LogP contribution in [-0.2, 0) is 16.6 Å². The molecular formula is C17H15FN6O3S. The Morgan fingerprint density at radius 1 is 1.21 bits per heavy atom. The number of nitrogens with zero attached hydrogens (tertiary/aromatic N) is 6. The van der Waals surface area contributed by atoms with Gasteiger partial charge in [-0.1, -0.05) is 10.2 Å². The SMILES string of the molecule is [N-]=[N+]=NCCCOc1ccc(CS(=O)c2nnc(-c3ccc(F)cc3)o2)nc1. The Morgan fingerprint density at radius 3 is 2.75 bits per heavy atom. The molecule has 144 valence electrons. The molecule has 0 aliphatic heterocycles. The van der Waals surface area contributed by atoms with E-state index in [-0.39, 0.29) is 22.7 Å². The van der Waals surface area contributed by atoms with E-state index in [4.69, 9.17) is 14.7 Å². The van der Waals surface area contributed by atoms with Gasteiger partial charge in [0.15, 0.2) is 0 Å². The Kier molecular flexibility index (Phi) is 6.66. The molecule has 2 heterocycles. The summed E-state index contributed by atoms with van der Waals surface area (Å²) in [5.41, 5.74) is 9.30. The van der Waals surface area contributed by atoms with Crippen molar-refractivity contribution >= 4 is 10.8 Å². The van der Waals surface area contributed by atoms with Crippen LogP contribution in [0.1, 0.15) is 12.1 Å². The van der Waals surface area contributed by atoms with Crippen LogP contribution in [0.5, 0.6) is 5.75 Å². The fraction of sp³-hybridized carbons (Fsp3) is 0.235. The van der Waals surface area contributed by atoms with E-state index in [9.17, 15) is 8.60 Å². The second-order valence-corrected chi connectivity index (χ2v) is 6.84. The molecule has 3 aromatic rings. The highest BCUT2D eigenvalue weighted by atomic mass is 32.2. The normalized spacial score (nSPS) is 11.6. The third kappa shape index (κ3) is 5.35. The summed E-state index contributed by atoms with van der Waals surface area (Å²) < 4.78 is 36.3. The first kappa shape index (κ1) is 19.5. The molecule has 11 heteroatoms. The Labute approximate surface area is 161 Å². The van der Waals surface area contributed by atoms with Gasteiger partial charge in [-0.3, -0.25) is 4.98 Å². The highest BCUT2D eigenvalue weighted by Gasteiger charge is 2.16. The zero-order chi connectivity index (χ0) is 19.8. The quantitative estimate of drug-likeness (QED) is 0.233. The maximum atomic E-state index is 13.0. The van der Waals surface area contributed by atoms with E-state index in [2.05, 4.69) is 25.2 Å². The number of aromatic nitrogens is 3. The number of hydrogen-bond donors (Lipinski definition) is 0. The van der Waals surface area contributed by atoms with Gasteiger partial charge in [-0.2, -0.15) is 0 Å². The van der Waals surface area contributed by atoms with Crippen molar-refractivity contribution in [3.63, 3.8) is 0 Å². The first-order valence-electron chi connectivity index (χ1n) is 8.22. The summed E-state index contributed by atoms with van der Waals surface area (Å²) in [6, 6.07) is 8.97. The van der Waals surface area contributed by atoms with Crippen LogP contribution in [0.3, 0.4) is 0 Å². The van der Waals surface area contributed by atoms with Crippen LogP contribution < -0.4 is 4.74 Å². The van der Waals surface area contributed by atoms with Gasteiger partial charge in [-0.25, -0.2) is 8.60 Å². The van der Waals surface area contributed by atoms with E-state index < -0.39 is 10.8 Å². The lowest BCUT2D eigenvalue weighted by molar-refractivity contribution is 0.312. The number of benzene rings is 1. The zero-order valence-corrected chi connectivity index (χ0v) is 15.4. The van der Waals surface area contributed by atoms with Gasteiger partial charge in [0.25, 0.3) is 0 Å². The van der Waals surface area contributed by atoms with E-state index in [1.807, 2.05) is 0 Å². The summed E-state index contributed by atoms with van der Waals surface area (Å²) in [6.07, 6.45) is 2.13. The number of rotatable bonds is 9. The summed E-state index contributed by atoms with van der Waals surface area (Å²) in [5.74, 6) is 0.455. The molecule has 0 aliphatic carbocycles. The molecule has 2 aromatic heterocycles. The van der Waals surface area contributed by atoms with Crippen molar-refractivity contribution in [2.45, 2.75) is 17.4 Å². The van der Waals surface area contributed by atoms with Gasteiger partial charge in [-0.05, 0) is 48.4 Å². The molecule has 28 heavy (non-hydrogen) atoms. The van der Waals surface area contributed by atoms with E-state index >= 15 is 0 Å². The third-order valence-electron chi connectivity index (χ3n) is 3.50. The minimum atomic E-state index is -1.57. The molecule has 0 spiro atoms. The topological polar surface area (TPSA) is 127 Å². The second kappa shape index (κ2) is 9.58. The maximum absolute atomic E-state index is 13.0. The van der Waals surface area contributed by atoms with Crippen molar-refractivity contribution in [1.82, 2.24) is 15.2 Å². The van der Waals surface area contributed by atoms with Gasteiger partial charge in [-0.15, -0.1) is 5.10 Å². The van der Waals surface area contributed by atoms with Crippen molar-refractivity contribution in [3.8, 4) is 17.2 Å². The molecule has 0 N–H and O–H groups in total. The summed E-state index contributed by atoms with van der Waals surface area (Å²) in [7, 11) is -1.57. The van der Waals surface area contributed by atoms with Crippen molar-refractivity contribution in [1.29, 1.82) is 0 Å². The van der Waals surface area contributed by atoms with Crippen molar-refractivity contribution in [2.75, 3.05) is 13.2 Å². The summed E-state index contributed by atoms with van der Waals surface area (Å²) >= 11 is 0. The first-order valence-corrected chi connectivity index (χ1v) is 9.54. The van der Waals surface area contributed by atoms with Crippen LogP contribution >= 0.6 is 0 Å². The standard InChI is InChI=1S/C17H15FN6O3S/c18-13-4-2-12(3-5-13)16-22-23-17(27-16)28(25)11-14-6-7-15(10-20-14)26-9-1-8-21-24-19/h2-7,10H,1,8-9,11H2. The zero-order valence-electron chi connectivity index (χ0n) is 14.6. The van der Waals surface area contributed by atoms with E-state index in [1.165, 1.54) is 30.5 Å². The molecule has 0 bridgehead atoms. The number of ether oxygens (including phenoxy) is 1. The predicted octanol–water partition coefficient (Wildman–Crippen LogP) is 3.66. The molecule has 1 atom stereocenters. The Hall–Kier alpha value is -3.30. The first-order chi connectivity index (χ1) is 13.7. The summed E-state index contributed by atoms with van der Waals surface area (Å²) in [6.45, 7) is 0.769. The number of azide groups is 1. The Balaban J connectivity index is 1.56. The molecule has 3 rings (SSSR count). The third-order valence-corrected chi connectivity index (χ3v) is 4.62. The highest BCUT2D eigenvalue weighted by Crippen LogP contribution is 2.20. The fourth-order valence-corrected chi connectivity index (χ4v) is 3.03. The van der Waals surface area contributed by atoms with E-state index in [0.717, 1.165) is 0 Å². The molecule has 0 saturated heterocycles. The van der Waals surface area contributed by atoms with E-state index in [1.54, 1.807) is 12.1 Å². The lowest BCUT2D eigenvalue weighted by Crippen LogP contribution is -2.02. The fourth-order valence-electron chi connectivity index (χ4n) is 2.16. The van der Waals surface area contributed by atoms with Crippen LogP contribution in [0, 0.1) is 5.82 Å². The molecule has 0 radical (unpaired) electrons. The lowest BCUT2D eigenvalue weighted by Gasteiger charge is -2.05. The Morgan fingerprint density at radius 2 is 2.04 bits per heavy atom. The summed E-state index contributed by atoms with van der Waals surface area (Å²) in [5, 5.41) is 11.0. The van der Waals surface area contributed by atoms with Crippen molar-refractivity contribution in [3.05, 3.63) is 64.5 Å². The number of pyridine rings is 1. The van der Waals surface area contributed by atoms with E-state index in [0.29, 0.717) is 36.6 Å². The van der Waals surface area contributed by atoms with Crippen LogP contribution in [0.25, 0.3) is 21.9 Å². The van der Waals surface area contributed by atoms with Gasteiger partial charge >= 0.3 is 5.22 Å². The minimum Gasteiger partial charge on any atom is -0.492 e. The molecule has 0 aliphatic rings. The largest absolute Gasteiger partial charge is 0.492 e. The van der Waals surface area contributed by atoms with Gasteiger partial charge in [0.05, 0.1) is 24.3 Å². The number of halogens is 1. The minimum absolute atomic E-state index is 0.0282. The van der Waals surface area contributed by atoms with Gasteiger partial charge in [0.2, 0.25) is 5.89 Å². The molecule has 1 unspecified atom stereocenters. The molecule has 0 saturated carbocycles. The van der Waals surface area contributed by atoms with Crippen LogP contribution in [0.15, 0.2) is 57.3 Å². The van der Waals surface area contributed by atoms with Crippen LogP contribution in [-0.4, -0.2) is 32.5 Å². The monoisotopic (exact) mass is 402 g/mol. The van der Waals surface area contributed by atoms with Gasteiger partial charge in [0, 0.05) is 17.0 Å². The number of hydrogen-bond acceptors (Lipinski definition) is 7. The smallest absolute Gasteiger partial charge is 0.308 e. The average molecular weight is 402 g/mol. The highest BCUT2D eigenvalue weighted by molar-refractivity contribution is 7.83.